The Hall–Kier alpha value is -3.07. The van der Waals surface area contributed by atoms with E-state index < -0.39 is 0 Å². The first-order valence-electron chi connectivity index (χ1n) is 11.5. The van der Waals surface area contributed by atoms with Gasteiger partial charge in [0.1, 0.15) is 23.3 Å². The van der Waals surface area contributed by atoms with E-state index in [0.29, 0.717) is 30.4 Å². The van der Waals surface area contributed by atoms with Crippen molar-refractivity contribution in [3.63, 3.8) is 0 Å². The predicted molar refractivity (Wildman–Crippen MR) is 138 cm³/mol. The zero-order valence-corrected chi connectivity index (χ0v) is 22.2. The number of H-pyrrole nitrogens is 4. The fourth-order valence-corrected chi connectivity index (χ4v) is 5.89. The highest BCUT2D eigenvalue weighted by Gasteiger charge is 2.55. The van der Waals surface area contributed by atoms with Crippen molar-refractivity contribution in [3.8, 4) is 0 Å². The molecule has 5 rings (SSSR count). The molecule has 12 nitrogen and oxygen atoms in total. The maximum absolute atomic E-state index is 12.8. The average Bonchev–Trinajstić information content (AvgIpc) is 3.63. The lowest BCUT2D eigenvalue weighted by Gasteiger charge is -2.51. The number of aromatic nitrogens is 4. The fourth-order valence-electron chi connectivity index (χ4n) is 5.20. The standard InChI is InChI=1S/C22H26Br2N10O2/c23-9-1-13(27-3-9)19(35)29-5-11-12(6-30-20(36)14-2-10(24)4-28-14)18(16-8-32-22(26)34-16)17(11)15-7-31-21(25)33-15/h1-4,7-8,11-12,17-18,21,27-28,31,33H,5-6,25H2,(H,29,35)(H,30,36)(H3,26,32,34)/p+2/t11-,12-,17?,18-,21?/m1/s1. The molecule has 0 aromatic carbocycles. The van der Waals surface area contributed by atoms with Crippen LogP contribution in [0.3, 0.4) is 0 Å². The van der Waals surface area contributed by atoms with Gasteiger partial charge in [0, 0.05) is 46.3 Å². The number of halogens is 2. The number of nitrogen functional groups attached to an aromatic ring is 1. The summed E-state index contributed by atoms with van der Waals surface area (Å²) in [5, 5.41) is 11.3. The third kappa shape index (κ3) is 4.93. The highest BCUT2D eigenvalue weighted by atomic mass is 79.9. The lowest BCUT2D eigenvalue weighted by molar-refractivity contribution is -0.620. The Labute approximate surface area is 223 Å². The van der Waals surface area contributed by atoms with Crippen molar-refractivity contribution >= 4 is 49.6 Å². The van der Waals surface area contributed by atoms with E-state index in [2.05, 4.69) is 67.7 Å². The fraction of sp³-hybridized carbons (Fsp3) is 0.318. The minimum atomic E-state index is -0.266. The van der Waals surface area contributed by atoms with Crippen molar-refractivity contribution in [3.05, 3.63) is 68.6 Å². The van der Waals surface area contributed by atoms with Crippen LogP contribution in [0.15, 0.2) is 51.6 Å². The summed E-state index contributed by atoms with van der Waals surface area (Å²) in [6.07, 6.45) is 7.02. The minimum Gasteiger partial charge on any atom is -0.356 e. The molecule has 1 aliphatic heterocycles. The molecular formula is C22H28Br2N10O2+2. The maximum atomic E-state index is 12.8. The second-order valence-corrected chi connectivity index (χ2v) is 10.9. The van der Waals surface area contributed by atoms with Crippen molar-refractivity contribution in [2.45, 2.75) is 12.2 Å². The van der Waals surface area contributed by atoms with Gasteiger partial charge in [-0.3, -0.25) is 26.4 Å². The molecule has 0 spiro atoms. The molecule has 0 bridgehead atoms. The molecule has 14 heteroatoms. The van der Waals surface area contributed by atoms with Gasteiger partial charge in [0.25, 0.3) is 11.8 Å². The number of carbonyl (C=O) groups excluding carboxylic acids is 2. The summed E-state index contributed by atoms with van der Waals surface area (Å²) in [5.41, 5.74) is 14.9. The number of amides is 2. The smallest absolute Gasteiger partial charge is 0.350 e. The zero-order chi connectivity index (χ0) is 25.4. The first kappa shape index (κ1) is 24.6. The van der Waals surface area contributed by atoms with Gasteiger partial charge in [-0.05, 0) is 55.8 Å². The van der Waals surface area contributed by atoms with E-state index in [1.54, 1.807) is 24.5 Å². The Balaban J connectivity index is 1.38. The molecule has 0 radical (unpaired) electrons. The van der Waals surface area contributed by atoms with E-state index in [-0.39, 0.29) is 41.8 Å². The van der Waals surface area contributed by atoms with Crippen LogP contribution in [0, 0.1) is 17.8 Å². The lowest BCUT2D eigenvalue weighted by atomic mass is 9.54. The highest BCUT2D eigenvalue weighted by molar-refractivity contribution is 9.10. The Morgan fingerprint density at radius 1 is 1.00 bits per heavy atom. The number of aromatic amines is 4. The van der Waals surface area contributed by atoms with E-state index in [9.17, 15) is 9.59 Å². The summed E-state index contributed by atoms with van der Waals surface area (Å²) < 4.78 is 1.60. The van der Waals surface area contributed by atoms with Crippen LogP contribution in [0.5, 0.6) is 0 Å². The van der Waals surface area contributed by atoms with Crippen molar-refractivity contribution < 1.29 is 19.9 Å². The van der Waals surface area contributed by atoms with Crippen molar-refractivity contribution in [1.29, 1.82) is 0 Å². The topological polar surface area (TPSA) is 200 Å². The second kappa shape index (κ2) is 10.1. The van der Waals surface area contributed by atoms with Crippen molar-refractivity contribution in [1.82, 2.24) is 30.9 Å². The second-order valence-electron chi connectivity index (χ2n) is 9.03. The van der Waals surface area contributed by atoms with Gasteiger partial charge >= 0.3 is 5.95 Å². The van der Waals surface area contributed by atoms with Crippen LogP contribution in [0.25, 0.3) is 0 Å². The minimum absolute atomic E-state index is 0.00760. The first-order chi connectivity index (χ1) is 17.3. The molecule has 0 saturated heterocycles. The number of quaternary nitrogens is 1. The van der Waals surface area contributed by atoms with Crippen LogP contribution < -0.4 is 37.7 Å². The number of nitrogens with one attached hydrogen (secondary N) is 7. The van der Waals surface area contributed by atoms with Gasteiger partial charge < -0.3 is 25.9 Å². The molecule has 3 aromatic heterocycles. The summed E-state index contributed by atoms with van der Waals surface area (Å²) >= 11 is 6.72. The number of hydrogen-bond acceptors (Lipinski definition) is 5. The quantitative estimate of drug-likeness (QED) is 0.165. The monoisotopic (exact) mass is 622 g/mol. The normalized spacial score (nSPS) is 25.1. The number of rotatable bonds is 8. The van der Waals surface area contributed by atoms with Crippen molar-refractivity contribution in [2.75, 3.05) is 18.8 Å². The van der Waals surface area contributed by atoms with Crippen molar-refractivity contribution in [2.24, 2.45) is 23.5 Å². The zero-order valence-electron chi connectivity index (χ0n) is 19.1. The number of nitrogens with two attached hydrogens (primary N) is 3. The molecule has 36 heavy (non-hydrogen) atoms. The SMILES string of the molecule is Nc1[nH]c([C@@H]2C(C3=C[NH2+]C(N)N3)[C@H](CNC(=O)c3cc(Br)c[nH]3)[C@H]2CNC(=O)c2cc(Br)c[nH]2)c[nH+]1. The Kier molecular flexibility index (Phi) is 6.92. The highest BCUT2D eigenvalue weighted by Crippen LogP contribution is 2.54. The summed E-state index contributed by atoms with van der Waals surface area (Å²) in [4.78, 5) is 37.7. The molecular weight excluding hydrogens is 596 g/mol. The molecule has 5 atom stereocenters. The van der Waals surface area contributed by atoms with E-state index in [0.717, 1.165) is 20.3 Å². The van der Waals surface area contributed by atoms with Crippen LogP contribution in [0.2, 0.25) is 0 Å². The maximum Gasteiger partial charge on any atom is 0.350 e. The summed E-state index contributed by atoms with van der Waals surface area (Å²) in [6.45, 7) is 0.826. The van der Waals surface area contributed by atoms with Gasteiger partial charge in [0.2, 0.25) is 6.29 Å². The van der Waals surface area contributed by atoms with Crippen LogP contribution in [0.4, 0.5) is 5.95 Å². The van der Waals surface area contributed by atoms with Crippen LogP contribution in [-0.4, -0.2) is 46.1 Å². The van der Waals surface area contributed by atoms with E-state index in [1.807, 2.05) is 17.7 Å². The third-order valence-electron chi connectivity index (χ3n) is 6.84. The van der Waals surface area contributed by atoms with Gasteiger partial charge in [-0.1, -0.05) is 0 Å². The van der Waals surface area contributed by atoms with Gasteiger partial charge in [-0.2, -0.15) is 0 Å². The number of hydrogen-bond donors (Lipinski definition) is 9. The molecule has 13 N–H and O–H groups in total. The Morgan fingerprint density at radius 2 is 1.58 bits per heavy atom. The molecule has 4 heterocycles. The summed E-state index contributed by atoms with van der Waals surface area (Å²) in [5.74, 6) is 0.123. The van der Waals surface area contributed by atoms with E-state index >= 15 is 0 Å². The average molecular weight is 624 g/mol. The summed E-state index contributed by atoms with van der Waals surface area (Å²) in [6, 6.07) is 3.46. The largest absolute Gasteiger partial charge is 0.356 e. The summed E-state index contributed by atoms with van der Waals surface area (Å²) in [7, 11) is 0. The molecule has 1 saturated carbocycles. The number of allylic oxidation sites excluding steroid dienone is 1. The molecule has 2 amide bonds. The number of anilines is 1. The molecule has 2 unspecified atom stereocenters. The van der Waals surface area contributed by atoms with Gasteiger partial charge in [0.05, 0.1) is 11.9 Å². The number of carbonyl (C=O) groups is 2. The lowest BCUT2D eigenvalue weighted by Crippen LogP contribution is -2.88. The third-order valence-corrected chi connectivity index (χ3v) is 7.75. The van der Waals surface area contributed by atoms with Gasteiger partial charge in [-0.15, -0.1) is 0 Å². The predicted octanol–water partition coefficient (Wildman–Crippen LogP) is -0.352. The van der Waals surface area contributed by atoms with E-state index in [1.165, 1.54) is 0 Å². The molecule has 1 fully saturated rings. The van der Waals surface area contributed by atoms with Gasteiger partial charge in [-0.25, -0.2) is 9.97 Å². The van der Waals surface area contributed by atoms with Gasteiger partial charge in [0.15, 0.2) is 0 Å². The van der Waals surface area contributed by atoms with Crippen LogP contribution in [-0.2, 0) is 0 Å². The molecule has 2 aliphatic rings. The van der Waals surface area contributed by atoms with Crippen LogP contribution in [0.1, 0.15) is 32.6 Å². The Bertz CT molecular complexity index is 1300. The molecule has 3 aromatic rings. The first-order valence-corrected chi connectivity index (χ1v) is 13.1. The number of imidazole rings is 1. The van der Waals surface area contributed by atoms with E-state index in [4.69, 9.17) is 11.5 Å². The Morgan fingerprint density at radius 3 is 2.03 bits per heavy atom. The molecule has 190 valence electrons. The van der Waals surface area contributed by atoms with Crippen LogP contribution >= 0.6 is 31.9 Å². The molecule has 1 aliphatic carbocycles.